The van der Waals surface area contributed by atoms with Crippen LogP contribution >= 0.6 is 11.6 Å². The minimum atomic E-state index is 0.217. The van der Waals surface area contributed by atoms with Gasteiger partial charge in [-0.15, -0.1) is 11.6 Å². The van der Waals surface area contributed by atoms with Gasteiger partial charge in [-0.25, -0.2) is 0 Å². The van der Waals surface area contributed by atoms with Crippen LogP contribution in [0.3, 0.4) is 0 Å². The van der Waals surface area contributed by atoms with Crippen LogP contribution in [-0.4, -0.2) is 11.0 Å². The Morgan fingerprint density at radius 3 is 2.29 bits per heavy atom. The van der Waals surface area contributed by atoms with E-state index in [1.54, 1.807) is 12.1 Å². The third-order valence-corrected chi connectivity index (χ3v) is 4.18. The Morgan fingerprint density at radius 1 is 1.18 bits per heavy atom. The molecular formula is C15H23ClO. The van der Waals surface area contributed by atoms with E-state index in [-0.39, 0.29) is 5.41 Å². The van der Waals surface area contributed by atoms with Gasteiger partial charge in [0.2, 0.25) is 0 Å². The first kappa shape index (κ1) is 14.4. The Morgan fingerprint density at radius 2 is 1.82 bits per heavy atom. The largest absolute Gasteiger partial charge is 0.508 e. The van der Waals surface area contributed by atoms with E-state index in [1.807, 2.05) is 12.1 Å². The molecule has 1 aromatic rings. The molecule has 1 rings (SSSR count). The monoisotopic (exact) mass is 254 g/mol. The fourth-order valence-electron chi connectivity index (χ4n) is 2.20. The van der Waals surface area contributed by atoms with Crippen LogP contribution in [0.2, 0.25) is 0 Å². The fraction of sp³-hybridized carbons (Fsp3) is 0.600. The van der Waals surface area contributed by atoms with E-state index in [1.165, 1.54) is 24.8 Å². The maximum absolute atomic E-state index is 9.28. The number of halogens is 1. The van der Waals surface area contributed by atoms with Crippen LogP contribution in [0.25, 0.3) is 0 Å². The summed E-state index contributed by atoms with van der Waals surface area (Å²) in [5.41, 5.74) is 1.48. The summed E-state index contributed by atoms with van der Waals surface area (Å²) in [6.45, 7) is 4.44. The predicted molar refractivity (Wildman–Crippen MR) is 74.8 cm³/mol. The quantitative estimate of drug-likeness (QED) is 0.696. The molecule has 0 saturated carbocycles. The third kappa shape index (κ3) is 4.23. The third-order valence-electron chi connectivity index (χ3n) is 3.61. The summed E-state index contributed by atoms with van der Waals surface area (Å²) in [5.74, 6) is 1.04. The van der Waals surface area contributed by atoms with E-state index < -0.39 is 0 Å². The van der Waals surface area contributed by atoms with Crippen molar-refractivity contribution in [3.63, 3.8) is 0 Å². The van der Waals surface area contributed by atoms with Gasteiger partial charge >= 0.3 is 0 Å². The lowest BCUT2D eigenvalue weighted by Gasteiger charge is -2.31. The Balaban J connectivity index is 2.74. The molecule has 1 nitrogen and oxygen atoms in total. The van der Waals surface area contributed by atoms with Gasteiger partial charge in [0.1, 0.15) is 5.75 Å². The summed E-state index contributed by atoms with van der Waals surface area (Å²) in [7, 11) is 0. The van der Waals surface area contributed by atoms with Crippen molar-refractivity contribution < 1.29 is 5.11 Å². The summed E-state index contributed by atoms with van der Waals surface area (Å²) in [5, 5.41) is 9.28. The van der Waals surface area contributed by atoms with Gasteiger partial charge in [0.15, 0.2) is 0 Å². The summed E-state index contributed by atoms with van der Waals surface area (Å²) in [6.07, 6.45) is 5.75. The average Bonchev–Trinajstić information content (AvgIpc) is 2.37. The lowest BCUT2D eigenvalue weighted by atomic mass is 9.77. The first-order valence-electron chi connectivity index (χ1n) is 6.49. The number of hydrogen-bond donors (Lipinski definition) is 1. The molecule has 0 aliphatic heterocycles. The Bertz CT molecular complexity index is 314. The van der Waals surface area contributed by atoms with Crippen LogP contribution in [0.1, 0.15) is 45.1 Å². The number of alkyl halides is 1. The first-order chi connectivity index (χ1) is 8.15. The lowest BCUT2D eigenvalue weighted by molar-refractivity contribution is 0.279. The van der Waals surface area contributed by atoms with Gasteiger partial charge in [-0.2, -0.15) is 0 Å². The molecule has 1 unspecified atom stereocenters. The molecule has 0 radical (unpaired) electrons. The van der Waals surface area contributed by atoms with Crippen molar-refractivity contribution in [2.45, 2.75) is 46.0 Å². The molecule has 0 saturated heterocycles. The number of rotatable bonds is 7. The van der Waals surface area contributed by atoms with E-state index in [4.69, 9.17) is 11.6 Å². The van der Waals surface area contributed by atoms with Crippen molar-refractivity contribution in [2.75, 3.05) is 5.88 Å². The second-order valence-electron chi connectivity index (χ2n) is 4.93. The second kappa shape index (κ2) is 6.90. The highest BCUT2D eigenvalue weighted by atomic mass is 35.5. The lowest BCUT2D eigenvalue weighted by Crippen LogP contribution is -2.25. The zero-order valence-electron chi connectivity index (χ0n) is 10.9. The molecule has 0 spiro atoms. The smallest absolute Gasteiger partial charge is 0.115 e. The van der Waals surface area contributed by atoms with Crippen molar-refractivity contribution in [3.8, 4) is 5.75 Å². The van der Waals surface area contributed by atoms with E-state index >= 15 is 0 Å². The average molecular weight is 255 g/mol. The van der Waals surface area contributed by atoms with Crippen LogP contribution in [0.5, 0.6) is 5.75 Å². The van der Waals surface area contributed by atoms with Crippen molar-refractivity contribution in [1.82, 2.24) is 0 Å². The minimum Gasteiger partial charge on any atom is -0.508 e. The number of aromatic hydroxyl groups is 1. The Labute approximate surface area is 110 Å². The number of unbranched alkanes of at least 4 members (excludes halogenated alkanes) is 1. The highest BCUT2D eigenvalue weighted by molar-refractivity contribution is 6.18. The molecule has 0 amide bonds. The SMILES string of the molecule is CCCCC(CC)(CCl)Cc1ccc(O)cc1. The number of phenols is 1. The molecule has 1 atom stereocenters. The van der Waals surface area contributed by atoms with Gasteiger partial charge in [0, 0.05) is 5.88 Å². The normalized spacial score (nSPS) is 14.5. The van der Waals surface area contributed by atoms with E-state index in [0.29, 0.717) is 11.6 Å². The molecule has 0 aliphatic carbocycles. The molecule has 0 fully saturated rings. The van der Waals surface area contributed by atoms with Crippen LogP contribution in [0.15, 0.2) is 24.3 Å². The molecule has 1 aromatic carbocycles. The maximum Gasteiger partial charge on any atom is 0.115 e. The van der Waals surface area contributed by atoms with Gasteiger partial charge < -0.3 is 5.11 Å². The van der Waals surface area contributed by atoms with Crippen molar-refractivity contribution in [3.05, 3.63) is 29.8 Å². The Hall–Kier alpha value is -0.690. The minimum absolute atomic E-state index is 0.217. The molecule has 0 bridgehead atoms. The highest BCUT2D eigenvalue weighted by Gasteiger charge is 2.26. The molecule has 2 heteroatoms. The molecule has 0 aliphatic rings. The van der Waals surface area contributed by atoms with E-state index in [0.717, 1.165) is 12.8 Å². The van der Waals surface area contributed by atoms with E-state index in [9.17, 15) is 5.11 Å². The standard InChI is InChI=1S/C15H23ClO/c1-3-5-10-15(4-2,12-16)11-13-6-8-14(17)9-7-13/h6-9,17H,3-5,10-12H2,1-2H3. The number of phenolic OH excluding ortho intramolecular Hbond substituents is 1. The fourth-order valence-corrected chi connectivity index (χ4v) is 2.61. The highest BCUT2D eigenvalue weighted by Crippen LogP contribution is 2.34. The Kier molecular flexibility index (Phi) is 5.84. The van der Waals surface area contributed by atoms with Crippen molar-refractivity contribution >= 4 is 11.6 Å². The zero-order valence-corrected chi connectivity index (χ0v) is 11.6. The van der Waals surface area contributed by atoms with Crippen molar-refractivity contribution in [2.24, 2.45) is 5.41 Å². The van der Waals surface area contributed by atoms with Crippen LogP contribution in [0.4, 0.5) is 0 Å². The summed E-state index contributed by atoms with van der Waals surface area (Å²) in [6, 6.07) is 7.50. The zero-order chi connectivity index (χ0) is 12.7. The van der Waals surface area contributed by atoms with Gasteiger partial charge in [-0.1, -0.05) is 38.8 Å². The molecule has 0 heterocycles. The first-order valence-corrected chi connectivity index (χ1v) is 7.03. The van der Waals surface area contributed by atoms with E-state index in [2.05, 4.69) is 13.8 Å². The van der Waals surface area contributed by atoms with Gasteiger partial charge in [0.05, 0.1) is 0 Å². The van der Waals surface area contributed by atoms with Crippen molar-refractivity contribution in [1.29, 1.82) is 0 Å². The number of benzene rings is 1. The van der Waals surface area contributed by atoms with Gasteiger partial charge in [0.25, 0.3) is 0 Å². The molecular weight excluding hydrogens is 232 g/mol. The van der Waals surface area contributed by atoms with Crippen LogP contribution in [-0.2, 0) is 6.42 Å². The summed E-state index contributed by atoms with van der Waals surface area (Å²) >= 11 is 6.19. The van der Waals surface area contributed by atoms with Gasteiger partial charge in [-0.05, 0) is 42.4 Å². The molecule has 0 aromatic heterocycles. The van der Waals surface area contributed by atoms with Gasteiger partial charge in [-0.3, -0.25) is 0 Å². The summed E-state index contributed by atoms with van der Waals surface area (Å²) < 4.78 is 0. The molecule has 96 valence electrons. The van der Waals surface area contributed by atoms with Crippen LogP contribution < -0.4 is 0 Å². The van der Waals surface area contributed by atoms with Crippen LogP contribution in [0, 0.1) is 5.41 Å². The second-order valence-corrected chi connectivity index (χ2v) is 5.20. The topological polar surface area (TPSA) is 20.2 Å². The maximum atomic E-state index is 9.28. The summed E-state index contributed by atoms with van der Waals surface area (Å²) in [4.78, 5) is 0. The molecule has 17 heavy (non-hydrogen) atoms. The number of hydrogen-bond acceptors (Lipinski definition) is 1. The predicted octanol–water partition coefficient (Wildman–Crippen LogP) is 4.76. The molecule has 1 N–H and O–H groups in total.